The fraction of sp³-hybridized carbons (Fsp3) is 0.400. The van der Waals surface area contributed by atoms with Crippen LogP contribution in [0.15, 0.2) is 24.3 Å². The summed E-state index contributed by atoms with van der Waals surface area (Å²) in [7, 11) is 1.52. The van der Waals surface area contributed by atoms with Crippen LogP contribution in [0, 0.1) is 0 Å². The lowest BCUT2D eigenvalue weighted by atomic mass is 10.1. The van der Waals surface area contributed by atoms with Crippen molar-refractivity contribution in [3.63, 3.8) is 0 Å². The van der Waals surface area contributed by atoms with E-state index >= 15 is 0 Å². The highest BCUT2D eigenvalue weighted by Gasteiger charge is 2.30. The van der Waals surface area contributed by atoms with Gasteiger partial charge in [-0.1, -0.05) is 12.1 Å². The molecule has 0 aliphatic rings. The van der Waals surface area contributed by atoms with Crippen LogP contribution in [0.2, 0.25) is 0 Å². The predicted molar refractivity (Wildman–Crippen MR) is 53.2 cm³/mol. The zero-order chi connectivity index (χ0) is 12.3. The quantitative estimate of drug-likeness (QED) is 0.616. The smallest absolute Gasteiger partial charge is 0.387 e. The van der Waals surface area contributed by atoms with Crippen molar-refractivity contribution >= 4 is 0 Å². The summed E-state index contributed by atoms with van der Waals surface area (Å²) >= 11 is 0. The summed E-state index contributed by atoms with van der Waals surface area (Å²) in [6.07, 6.45) is -5.43. The molecule has 16 heavy (non-hydrogen) atoms. The number of rotatable bonds is 3. The Morgan fingerprint density at radius 1 is 1.44 bits per heavy atom. The highest BCUT2D eigenvalue weighted by molar-refractivity contribution is 5.27. The van der Waals surface area contributed by atoms with E-state index < -0.39 is 17.8 Å². The molecule has 6 heteroatoms. The van der Waals surface area contributed by atoms with E-state index in [9.17, 15) is 18.3 Å². The molecule has 1 rings (SSSR count). The molecule has 0 bridgehead atoms. The van der Waals surface area contributed by atoms with Gasteiger partial charge in [0.1, 0.15) is 0 Å². The summed E-state index contributed by atoms with van der Waals surface area (Å²) < 4.78 is 37.1. The molecule has 1 atom stereocenters. The number of hydrogen-bond acceptors (Lipinski definition) is 3. The Morgan fingerprint density at radius 3 is 2.56 bits per heavy atom. The first-order valence-electron chi connectivity index (χ1n) is 4.62. The summed E-state index contributed by atoms with van der Waals surface area (Å²) in [5.41, 5.74) is -0.573. The van der Waals surface area contributed by atoms with E-state index in [1.165, 1.54) is 24.2 Å². The fourth-order valence-electron chi connectivity index (χ4n) is 1.30. The molecule has 3 N–H and O–H groups in total. The Kier molecular flexibility index (Phi) is 3.90. The van der Waals surface area contributed by atoms with Crippen LogP contribution in [0.5, 0.6) is 0 Å². The summed E-state index contributed by atoms with van der Waals surface area (Å²) in [5, 5.41) is 10.8. The van der Waals surface area contributed by atoms with Crippen LogP contribution < -0.4 is 5.84 Å². The van der Waals surface area contributed by atoms with Gasteiger partial charge in [0, 0.05) is 13.6 Å². The van der Waals surface area contributed by atoms with Gasteiger partial charge in [-0.25, -0.2) is 5.01 Å². The molecule has 90 valence electrons. The molecule has 0 radical (unpaired) electrons. The van der Waals surface area contributed by atoms with Crippen LogP contribution in [0.25, 0.3) is 0 Å². The Balaban J connectivity index is 2.90. The van der Waals surface area contributed by atoms with Gasteiger partial charge in [0.2, 0.25) is 0 Å². The van der Waals surface area contributed by atoms with E-state index in [0.717, 1.165) is 12.1 Å². The van der Waals surface area contributed by atoms with Crippen molar-refractivity contribution in [1.29, 1.82) is 0 Å². The van der Waals surface area contributed by atoms with Crippen LogP contribution in [0.1, 0.15) is 17.2 Å². The Hall–Kier alpha value is -1.11. The Labute approximate surface area is 91.3 Å². The van der Waals surface area contributed by atoms with Crippen LogP contribution in [-0.2, 0) is 6.18 Å². The lowest BCUT2D eigenvalue weighted by Gasteiger charge is -2.17. The molecular weight excluding hydrogens is 221 g/mol. The molecule has 1 aromatic carbocycles. The molecule has 0 heterocycles. The number of benzene rings is 1. The molecule has 0 aliphatic heterocycles. The average Bonchev–Trinajstić information content (AvgIpc) is 2.15. The van der Waals surface area contributed by atoms with Gasteiger partial charge in [0.25, 0.3) is 0 Å². The lowest BCUT2D eigenvalue weighted by molar-refractivity contribution is -0.137. The number of alkyl halides is 3. The highest BCUT2D eigenvalue weighted by Crippen LogP contribution is 2.30. The predicted octanol–water partition coefficient (Wildman–Crippen LogP) is 1.54. The first-order chi connectivity index (χ1) is 7.30. The first-order valence-corrected chi connectivity index (χ1v) is 4.62. The minimum absolute atomic E-state index is 0.0707. The third-order valence-electron chi connectivity index (χ3n) is 2.06. The van der Waals surface area contributed by atoms with E-state index in [1.54, 1.807) is 0 Å². The number of aliphatic hydroxyl groups is 1. The molecule has 0 saturated carbocycles. The zero-order valence-corrected chi connectivity index (χ0v) is 8.70. The van der Waals surface area contributed by atoms with E-state index in [1.807, 2.05) is 0 Å². The maximum Gasteiger partial charge on any atom is 0.416 e. The summed E-state index contributed by atoms with van der Waals surface area (Å²) in [5.74, 6) is 5.31. The van der Waals surface area contributed by atoms with Crippen molar-refractivity contribution in [3.8, 4) is 0 Å². The van der Waals surface area contributed by atoms with Gasteiger partial charge in [-0.2, -0.15) is 13.2 Å². The molecule has 3 nitrogen and oxygen atoms in total. The third-order valence-corrected chi connectivity index (χ3v) is 2.06. The number of likely N-dealkylation sites (N-methyl/N-ethyl adjacent to an activating group) is 1. The number of nitrogens with zero attached hydrogens (tertiary/aromatic N) is 1. The second kappa shape index (κ2) is 4.82. The van der Waals surface area contributed by atoms with Gasteiger partial charge >= 0.3 is 6.18 Å². The van der Waals surface area contributed by atoms with Crippen LogP contribution in [0.4, 0.5) is 13.2 Å². The molecule has 0 fully saturated rings. The van der Waals surface area contributed by atoms with E-state index in [-0.39, 0.29) is 12.1 Å². The molecule has 0 saturated heterocycles. The summed E-state index contributed by atoms with van der Waals surface area (Å²) in [6.45, 7) is 0.0707. The molecular formula is C10H13F3N2O. The highest BCUT2D eigenvalue weighted by atomic mass is 19.4. The van der Waals surface area contributed by atoms with E-state index in [0.29, 0.717) is 0 Å². The molecule has 0 aromatic heterocycles. The maximum atomic E-state index is 12.4. The molecule has 0 amide bonds. The van der Waals surface area contributed by atoms with Gasteiger partial charge in [-0.3, -0.25) is 5.84 Å². The Bertz CT molecular complexity index is 352. The van der Waals surface area contributed by atoms with Crippen LogP contribution >= 0.6 is 0 Å². The molecule has 1 unspecified atom stereocenters. The van der Waals surface area contributed by atoms with Crippen molar-refractivity contribution in [1.82, 2.24) is 5.01 Å². The molecule has 0 aliphatic carbocycles. The number of halogens is 3. The number of aliphatic hydroxyl groups excluding tert-OH is 1. The van der Waals surface area contributed by atoms with Crippen molar-refractivity contribution in [2.45, 2.75) is 12.3 Å². The number of hydrazine groups is 1. The minimum Gasteiger partial charge on any atom is -0.387 e. The van der Waals surface area contributed by atoms with Gasteiger partial charge < -0.3 is 5.11 Å². The van der Waals surface area contributed by atoms with Crippen molar-refractivity contribution in [2.75, 3.05) is 13.6 Å². The number of hydrogen-bond donors (Lipinski definition) is 2. The average molecular weight is 234 g/mol. The third kappa shape index (κ3) is 3.48. The van der Waals surface area contributed by atoms with E-state index in [2.05, 4.69) is 0 Å². The van der Waals surface area contributed by atoms with Gasteiger partial charge in [-0.15, -0.1) is 0 Å². The van der Waals surface area contributed by atoms with Crippen molar-refractivity contribution < 1.29 is 18.3 Å². The summed E-state index contributed by atoms with van der Waals surface area (Å²) in [4.78, 5) is 0. The van der Waals surface area contributed by atoms with Gasteiger partial charge in [0.15, 0.2) is 0 Å². The van der Waals surface area contributed by atoms with E-state index in [4.69, 9.17) is 5.84 Å². The van der Waals surface area contributed by atoms with Gasteiger partial charge in [-0.05, 0) is 17.7 Å². The normalized spacial score (nSPS) is 14.2. The van der Waals surface area contributed by atoms with Crippen molar-refractivity contribution in [2.24, 2.45) is 5.84 Å². The number of nitrogens with two attached hydrogens (primary N) is 1. The second-order valence-corrected chi connectivity index (χ2v) is 3.58. The zero-order valence-electron chi connectivity index (χ0n) is 8.70. The first kappa shape index (κ1) is 13.0. The van der Waals surface area contributed by atoms with Crippen LogP contribution in [0.3, 0.4) is 0 Å². The molecule has 0 spiro atoms. The molecule has 1 aromatic rings. The van der Waals surface area contributed by atoms with Crippen molar-refractivity contribution in [3.05, 3.63) is 35.4 Å². The van der Waals surface area contributed by atoms with Crippen LogP contribution in [-0.4, -0.2) is 23.7 Å². The minimum atomic E-state index is -4.40. The largest absolute Gasteiger partial charge is 0.416 e. The topological polar surface area (TPSA) is 49.5 Å². The Morgan fingerprint density at radius 2 is 2.06 bits per heavy atom. The van der Waals surface area contributed by atoms with Gasteiger partial charge in [0.05, 0.1) is 11.7 Å². The maximum absolute atomic E-state index is 12.4. The fourth-order valence-corrected chi connectivity index (χ4v) is 1.30. The lowest BCUT2D eigenvalue weighted by Crippen LogP contribution is -2.30. The standard InChI is InChI=1S/C10H13F3N2O/c1-15(14)6-9(16)7-3-2-4-8(5-7)10(11,12)13/h2-5,9,16H,6,14H2,1H3. The second-order valence-electron chi connectivity index (χ2n) is 3.58. The monoisotopic (exact) mass is 234 g/mol. The SMILES string of the molecule is CN(N)CC(O)c1cccc(C(F)(F)F)c1. The summed E-state index contributed by atoms with van der Waals surface area (Å²) in [6, 6.07) is 4.58.